The summed E-state index contributed by atoms with van der Waals surface area (Å²) in [6.07, 6.45) is 1.83. The monoisotopic (exact) mass is 265 g/mol. The average Bonchev–Trinajstić information content (AvgIpc) is 2.87. The number of benzene rings is 2. The summed E-state index contributed by atoms with van der Waals surface area (Å²) in [7, 11) is 1.40. The van der Waals surface area contributed by atoms with E-state index >= 15 is 0 Å². The lowest BCUT2D eigenvalue weighted by Crippen LogP contribution is -1.99. The Morgan fingerprint density at radius 3 is 2.45 bits per heavy atom. The smallest absolute Gasteiger partial charge is 0.340 e. The molecule has 0 aliphatic rings. The Kier molecular flexibility index (Phi) is 3.03. The maximum absolute atomic E-state index is 11.9. The van der Waals surface area contributed by atoms with Gasteiger partial charge in [0.05, 0.1) is 18.2 Å². The highest BCUT2D eigenvalue weighted by atomic mass is 16.5. The van der Waals surface area contributed by atoms with Crippen molar-refractivity contribution in [2.24, 2.45) is 0 Å². The molecule has 1 aromatic heterocycles. The Labute approximate surface area is 117 Å². The minimum atomic E-state index is -0.313. The topological polar surface area (TPSA) is 31.2 Å². The Morgan fingerprint density at radius 1 is 1.05 bits per heavy atom. The summed E-state index contributed by atoms with van der Waals surface area (Å²) in [5.74, 6) is -0.313. The molecular formula is C17H15NO2. The Hall–Kier alpha value is -2.55. The summed E-state index contributed by atoms with van der Waals surface area (Å²) < 4.78 is 6.88. The number of rotatable bonds is 2. The van der Waals surface area contributed by atoms with Crippen LogP contribution in [0.15, 0.2) is 54.7 Å². The van der Waals surface area contributed by atoms with Crippen molar-refractivity contribution in [3.63, 3.8) is 0 Å². The van der Waals surface area contributed by atoms with Gasteiger partial charge in [0.2, 0.25) is 0 Å². The molecule has 100 valence electrons. The first-order valence-electron chi connectivity index (χ1n) is 6.46. The summed E-state index contributed by atoms with van der Waals surface area (Å²) in [6.45, 7) is 2.05. The molecule has 0 atom stereocenters. The minimum Gasteiger partial charge on any atom is -0.465 e. The van der Waals surface area contributed by atoms with E-state index in [1.54, 1.807) is 0 Å². The van der Waals surface area contributed by atoms with E-state index in [0.29, 0.717) is 5.56 Å². The van der Waals surface area contributed by atoms with Crippen molar-refractivity contribution in [1.29, 1.82) is 0 Å². The zero-order chi connectivity index (χ0) is 14.1. The number of carbonyl (C=O) groups excluding carboxylic acids is 1. The minimum absolute atomic E-state index is 0.313. The van der Waals surface area contributed by atoms with Crippen molar-refractivity contribution in [1.82, 2.24) is 4.57 Å². The second-order valence-electron chi connectivity index (χ2n) is 4.76. The summed E-state index contributed by atoms with van der Waals surface area (Å²) in [6, 6.07) is 16.0. The third kappa shape index (κ3) is 1.97. The lowest BCUT2D eigenvalue weighted by Gasteiger charge is -2.05. The maximum atomic E-state index is 11.9. The number of fused-ring (bicyclic) bond motifs is 1. The lowest BCUT2D eigenvalue weighted by molar-refractivity contribution is 0.0603. The maximum Gasteiger partial charge on any atom is 0.340 e. The number of esters is 1. The van der Waals surface area contributed by atoms with E-state index in [1.807, 2.05) is 47.2 Å². The van der Waals surface area contributed by atoms with E-state index in [2.05, 4.69) is 19.1 Å². The fourth-order valence-corrected chi connectivity index (χ4v) is 2.37. The van der Waals surface area contributed by atoms with Crippen LogP contribution < -0.4 is 0 Å². The summed E-state index contributed by atoms with van der Waals surface area (Å²) >= 11 is 0. The van der Waals surface area contributed by atoms with Crippen molar-refractivity contribution in [2.75, 3.05) is 7.11 Å². The zero-order valence-electron chi connectivity index (χ0n) is 11.5. The van der Waals surface area contributed by atoms with Gasteiger partial charge in [-0.2, -0.15) is 0 Å². The van der Waals surface area contributed by atoms with Gasteiger partial charge in [-0.3, -0.25) is 0 Å². The van der Waals surface area contributed by atoms with Crippen LogP contribution >= 0.6 is 0 Å². The Morgan fingerprint density at radius 2 is 1.75 bits per heavy atom. The number of nitrogens with zero attached hydrogens (tertiary/aromatic N) is 1. The van der Waals surface area contributed by atoms with E-state index in [-0.39, 0.29) is 5.97 Å². The fourth-order valence-electron chi connectivity index (χ4n) is 2.37. The van der Waals surface area contributed by atoms with Crippen LogP contribution in [0.1, 0.15) is 15.9 Å². The molecule has 0 N–H and O–H groups in total. The molecule has 0 aliphatic carbocycles. The van der Waals surface area contributed by atoms with Crippen molar-refractivity contribution < 1.29 is 9.53 Å². The fraction of sp³-hybridized carbons (Fsp3) is 0.118. The SMILES string of the molecule is COC(=O)c1cn(-c2ccc(C)cc2)c2ccccc12. The molecule has 3 aromatic rings. The molecule has 0 radical (unpaired) electrons. The molecule has 0 saturated carbocycles. The van der Waals surface area contributed by atoms with Crippen LogP contribution in [0.5, 0.6) is 0 Å². The molecule has 20 heavy (non-hydrogen) atoms. The van der Waals surface area contributed by atoms with E-state index in [1.165, 1.54) is 12.7 Å². The van der Waals surface area contributed by atoms with Crippen LogP contribution in [0.25, 0.3) is 16.6 Å². The largest absolute Gasteiger partial charge is 0.465 e. The highest BCUT2D eigenvalue weighted by Crippen LogP contribution is 2.25. The average molecular weight is 265 g/mol. The van der Waals surface area contributed by atoms with Gasteiger partial charge in [0.15, 0.2) is 0 Å². The van der Waals surface area contributed by atoms with Crippen LogP contribution in [0, 0.1) is 6.92 Å². The van der Waals surface area contributed by atoms with Gasteiger partial charge >= 0.3 is 5.97 Å². The molecule has 0 spiro atoms. The molecule has 3 rings (SSSR count). The standard InChI is InChI=1S/C17H15NO2/c1-12-7-9-13(10-8-12)18-11-15(17(19)20-2)14-5-3-4-6-16(14)18/h3-11H,1-2H3. The van der Waals surface area contributed by atoms with Crippen LogP contribution in [0.4, 0.5) is 0 Å². The molecule has 0 bridgehead atoms. The number of aryl methyl sites for hydroxylation is 1. The number of para-hydroxylation sites is 1. The molecule has 3 nitrogen and oxygen atoms in total. The van der Waals surface area contributed by atoms with Crippen molar-refractivity contribution in [2.45, 2.75) is 6.92 Å². The van der Waals surface area contributed by atoms with Gasteiger partial charge in [-0.25, -0.2) is 4.79 Å². The van der Waals surface area contributed by atoms with E-state index in [9.17, 15) is 4.79 Å². The third-order valence-electron chi connectivity index (χ3n) is 3.43. The van der Waals surface area contributed by atoms with Gasteiger partial charge in [0.1, 0.15) is 0 Å². The molecule has 0 aliphatic heterocycles. The first kappa shape index (κ1) is 12.5. The number of carbonyl (C=O) groups is 1. The zero-order valence-corrected chi connectivity index (χ0v) is 11.5. The molecular weight excluding hydrogens is 250 g/mol. The number of aromatic nitrogens is 1. The highest BCUT2D eigenvalue weighted by molar-refractivity contribution is 6.04. The van der Waals surface area contributed by atoms with Crippen LogP contribution in [0.2, 0.25) is 0 Å². The number of hydrogen-bond acceptors (Lipinski definition) is 2. The lowest BCUT2D eigenvalue weighted by atomic mass is 10.2. The highest BCUT2D eigenvalue weighted by Gasteiger charge is 2.15. The third-order valence-corrected chi connectivity index (χ3v) is 3.43. The Bertz CT molecular complexity index is 769. The second kappa shape index (κ2) is 4.85. The molecule has 0 unspecified atom stereocenters. The molecule has 2 aromatic carbocycles. The summed E-state index contributed by atoms with van der Waals surface area (Å²) in [4.78, 5) is 11.9. The quantitative estimate of drug-likeness (QED) is 0.661. The molecule has 0 fully saturated rings. The first-order valence-corrected chi connectivity index (χ1v) is 6.46. The van der Waals surface area contributed by atoms with Crippen molar-refractivity contribution in [3.8, 4) is 5.69 Å². The van der Waals surface area contributed by atoms with Gasteiger partial charge in [-0.05, 0) is 25.1 Å². The van der Waals surface area contributed by atoms with Crippen LogP contribution in [-0.2, 0) is 4.74 Å². The first-order chi connectivity index (χ1) is 9.70. The van der Waals surface area contributed by atoms with Gasteiger partial charge < -0.3 is 9.30 Å². The summed E-state index contributed by atoms with van der Waals surface area (Å²) in [5.41, 5.74) is 3.82. The van der Waals surface area contributed by atoms with Gasteiger partial charge in [0, 0.05) is 17.3 Å². The predicted molar refractivity (Wildman–Crippen MR) is 79.4 cm³/mol. The van der Waals surface area contributed by atoms with Crippen molar-refractivity contribution in [3.05, 3.63) is 65.9 Å². The van der Waals surface area contributed by atoms with E-state index in [0.717, 1.165) is 16.6 Å². The van der Waals surface area contributed by atoms with Gasteiger partial charge in [-0.1, -0.05) is 35.9 Å². The second-order valence-corrected chi connectivity index (χ2v) is 4.76. The van der Waals surface area contributed by atoms with E-state index in [4.69, 9.17) is 4.74 Å². The van der Waals surface area contributed by atoms with Crippen molar-refractivity contribution >= 4 is 16.9 Å². The Balaban J connectivity index is 2.26. The summed E-state index contributed by atoms with van der Waals surface area (Å²) in [5, 5.41) is 0.903. The molecule has 3 heteroatoms. The number of methoxy groups -OCH3 is 1. The molecule has 1 heterocycles. The van der Waals surface area contributed by atoms with Crippen LogP contribution in [-0.4, -0.2) is 17.6 Å². The van der Waals surface area contributed by atoms with Crippen LogP contribution in [0.3, 0.4) is 0 Å². The normalized spacial score (nSPS) is 10.7. The van der Waals surface area contributed by atoms with Gasteiger partial charge in [-0.15, -0.1) is 0 Å². The number of hydrogen-bond donors (Lipinski definition) is 0. The van der Waals surface area contributed by atoms with Gasteiger partial charge in [0.25, 0.3) is 0 Å². The molecule has 0 amide bonds. The predicted octanol–water partition coefficient (Wildman–Crippen LogP) is 3.73. The van der Waals surface area contributed by atoms with E-state index < -0.39 is 0 Å². The number of ether oxygens (including phenoxy) is 1. The molecule has 0 saturated heterocycles.